The lowest BCUT2D eigenvalue weighted by Gasteiger charge is -2.22. The van der Waals surface area contributed by atoms with E-state index >= 15 is 0 Å². The molecule has 0 radical (unpaired) electrons. The Bertz CT molecular complexity index is 513. The quantitative estimate of drug-likeness (QED) is 0.553. The number of H-pyrrole nitrogens is 2. The Labute approximate surface area is 110 Å². The van der Waals surface area contributed by atoms with Crippen molar-refractivity contribution in [3.8, 4) is 0 Å². The molecule has 0 aliphatic rings. The van der Waals surface area contributed by atoms with Crippen LogP contribution in [0, 0.1) is 4.77 Å². The lowest BCUT2D eigenvalue weighted by molar-refractivity contribution is -0.156. The van der Waals surface area contributed by atoms with Gasteiger partial charge in [-0.1, -0.05) is 0 Å². The second-order valence-electron chi connectivity index (χ2n) is 4.96. The summed E-state index contributed by atoms with van der Waals surface area (Å²) in [5.74, 6) is -0.512. The summed E-state index contributed by atoms with van der Waals surface area (Å²) in [4.78, 5) is 28.0. The van der Waals surface area contributed by atoms with Crippen molar-refractivity contribution in [1.82, 2.24) is 9.97 Å². The number of carbonyl (C=O) groups excluding carboxylic acids is 1. The zero-order valence-corrected chi connectivity index (χ0v) is 11.4. The second-order valence-corrected chi connectivity index (χ2v) is 5.37. The maximum absolute atomic E-state index is 11.7. The molecule has 1 unspecified atom stereocenters. The van der Waals surface area contributed by atoms with Crippen molar-refractivity contribution in [2.75, 3.05) is 0 Å². The van der Waals surface area contributed by atoms with Crippen LogP contribution in [0.15, 0.2) is 10.9 Å². The average molecular weight is 271 g/mol. The smallest absolute Gasteiger partial charge is 0.323 e. The van der Waals surface area contributed by atoms with Crippen molar-refractivity contribution in [2.24, 2.45) is 5.73 Å². The van der Waals surface area contributed by atoms with Gasteiger partial charge in [-0.2, -0.15) is 0 Å². The second kappa shape index (κ2) is 5.45. The monoisotopic (exact) mass is 271 g/mol. The molecular formula is C11H17N3O3S. The third kappa shape index (κ3) is 4.80. The van der Waals surface area contributed by atoms with Crippen molar-refractivity contribution in [2.45, 2.75) is 38.8 Å². The van der Waals surface area contributed by atoms with Crippen LogP contribution in [-0.2, 0) is 16.0 Å². The average Bonchev–Trinajstić information content (AvgIpc) is 2.12. The van der Waals surface area contributed by atoms with Crippen LogP contribution in [0.5, 0.6) is 0 Å². The molecular weight excluding hydrogens is 254 g/mol. The van der Waals surface area contributed by atoms with Gasteiger partial charge in [0.25, 0.3) is 5.56 Å². The van der Waals surface area contributed by atoms with E-state index in [2.05, 4.69) is 9.97 Å². The Hall–Kier alpha value is -1.47. The first kappa shape index (κ1) is 14.6. The van der Waals surface area contributed by atoms with E-state index in [0.29, 0.717) is 5.69 Å². The molecule has 1 aromatic rings. The highest BCUT2D eigenvalue weighted by Crippen LogP contribution is 2.09. The summed E-state index contributed by atoms with van der Waals surface area (Å²) in [5, 5.41) is 0. The van der Waals surface area contributed by atoms with Gasteiger partial charge >= 0.3 is 5.97 Å². The number of hydrogen-bond donors (Lipinski definition) is 3. The zero-order valence-electron chi connectivity index (χ0n) is 10.6. The Balaban J connectivity index is 2.75. The van der Waals surface area contributed by atoms with Gasteiger partial charge in [0, 0.05) is 18.2 Å². The molecule has 0 aromatic carbocycles. The number of ether oxygens (including phenoxy) is 1. The van der Waals surface area contributed by atoms with E-state index in [4.69, 9.17) is 22.7 Å². The summed E-state index contributed by atoms with van der Waals surface area (Å²) in [6, 6.07) is 0.483. The minimum atomic E-state index is -0.836. The van der Waals surface area contributed by atoms with Crippen LogP contribution >= 0.6 is 12.2 Å². The highest BCUT2D eigenvalue weighted by Gasteiger charge is 2.22. The summed E-state index contributed by atoms with van der Waals surface area (Å²) in [6.45, 7) is 5.29. The van der Waals surface area contributed by atoms with E-state index < -0.39 is 17.6 Å². The summed E-state index contributed by atoms with van der Waals surface area (Å²) in [5.41, 5.74) is 5.30. The lowest BCUT2D eigenvalue weighted by atomic mass is 10.1. The Morgan fingerprint density at radius 1 is 1.50 bits per heavy atom. The number of aromatic amines is 2. The van der Waals surface area contributed by atoms with Gasteiger partial charge < -0.3 is 15.5 Å². The van der Waals surface area contributed by atoms with Gasteiger partial charge in [0.1, 0.15) is 11.6 Å². The fraction of sp³-hybridized carbons (Fsp3) is 0.545. The SMILES string of the molecule is CC(C)(C)OC(=O)C(N)Cc1cc(=O)[nH]c(=S)[nH]1. The number of nitrogens with two attached hydrogens (primary N) is 1. The van der Waals surface area contributed by atoms with E-state index in [1.807, 2.05) is 0 Å². The van der Waals surface area contributed by atoms with Gasteiger partial charge in [-0.05, 0) is 33.0 Å². The fourth-order valence-corrected chi connectivity index (χ4v) is 1.56. The van der Waals surface area contributed by atoms with Crippen molar-refractivity contribution in [3.05, 3.63) is 26.9 Å². The fourth-order valence-electron chi connectivity index (χ4n) is 1.33. The first-order valence-corrected chi connectivity index (χ1v) is 5.89. The number of nitrogens with one attached hydrogen (secondary N) is 2. The van der Waals surface area contributed by atoms with Crippen LogP contribution in [0.3, 0.4) is 0 Å². The molecule has 1 rings (SSSR count). The largest absolute Gasteiger partial charge is 0.459 e. The van der Waals surface area contributed by atoms with Crippen LogP contribution in [0.1, 0.15) is 26.5 Å². The number of hydrogen-bond acceptors (Lipinski definition) is 5. The van der Waals surface area contributed by atoms with Crippen molar-refractivity contribution in [3.63, 3.8) is 0 Å². The highest BCUT2D eigenvalue weighted by atomic mass is 32.1. The summed E-state index contributed by atoms with van der Waals surface area (Å²) < 4.78 is 5.35. The predicted molar refractivity (Wildman–Crippen MR) is 69.8 cm³/mol. The van der Waals surface area contributed by atoms with Gasteiger partial charge in [-0.25, -0.2) is 0 Å². The number of carbonyl (C=O) groups is 1. The summed E-state index contributed by atoms with van der Waals surface area (Å²) in [7, 11) is 0. The molecule has 4 N–H and O–H groups in total. The predicted octanol–water partition coefficient (Wildman–Crippen LogP) is 0.644. The molecule has 0 saturated carbocycles. The highest BCUT2D eigenvalue weighted by molar-refractivity contribution is 7.71. The lowest BCUT2D eigenvalue weighted by Crippen LogP contribution is -2.39. The maximum atomic E-state index is 11.7. The first-order chi connectivity index (χ1) is 8.17. The first-order valence-electron chi connectivity index (χ1n) is 5.48. The van der Waals surface area contributed by atoms with Gasteiger partial charge in [-0.15, -0.1) is 0 Å². The normalized spacial score (nSPS) is 13.1. The Morgan fingerprint density at radius 2 is 2.11 bits per heavy atom. The van der Waals surface area contributed by atoms with Crippen molar-refractivity contribution >= 4 is 18.2 Å². The van der Waals surface area contributed by atoms with Crippen LogP contribution in [-0.4, -0.2) is 27.6 Å². The van der Waals surface area contributed by atoms with Crippen LogP contribution in [0.2, 0.25) is 0 Å². The number of rotatable bonds is 3. The molecule has 0 aliphatic carbocycles. The van der Waals surface area contributed by atoms with Crippen LogP contribution in [0.4, 0.5) is 0 Å². The van der Waals surface area contributed by atoms with Crippen molar-refractivity contribution in [1.29, 1.82) is 0 Å². The molecule has 0 spiro atoms. The topological polar surface area (TPSA) is 101 Å². The minimum Gasteiger partial charge on any atom is -0.459 e. The number of esters is 1. The van der Waals surface area contributed by atoms with Crippen LogP contribution in [0.25, 0.3) is 0 Å². The third-order valence-electron chi connectivity index (χ3n) is 1.97. The van der Waals surface area contributed by atoms with Crippen molar-refractivity contribution < 1.29 is 9.53 Å². The maximum Gasteiger partial charge on any atom is 0.323 e. The van der Waals surface area contributed by atoms with Crippen LogP contribution < -0.4 is 11.3 Å². The Morgan fingerprint density at radius 3 is 2.61 bits per heavy atom. The molecule has 0 saturated heterocycles. The van der Waals surface area contributed by atoms with E-state index in [9.17, 15) is 9.59 Å². The molecule has 7 heteroatoms. The van der Waals surface area contributed by atoms with Gasteiger partial charge in [-0.3, -0.25) is 14.6 Å². The standard InChI is InChI=1S/C11H17N3O3S/c1-11(2,3)17-9(16)7(12)4-6-5-8(15)14-10(18)13-6/h5,7H,4,12H2,1-3H3,(H2,13,14,15,18). The third-order valence-corrected chi connectivity index (χ3v) is 2.17. The molecule has 1 aromatic heterocycles. The number of aromatic nitrogens is 2. The van der Waals surface area contributed by atoms with E-state index in [1.165, 1.54) is 6.07 Å². The van der Waals surface area contributed by atoms with E-state index in [0.717, 1.165) is 0 Å². The van der Waals surface area contributed by atoms with Gasteiger partial charge in [0.2, 0.25) is 0 Å². The molecule has 1 heterocycles. The molecule has 18 heavy (non-hydrogen) atoms. The summed E-state index contributed by atoms with van der Waals surface area (Å²) in [6.07, 6.45) is 0.169. The molecule has 0 aliphatic heterocycles. The molecule has 100 valence electrons. The van der Waals surface area contributed by atoms with E-state index in [-0.39, 0.29) is 16.8 Å². The minimum absolute atomic E-state index is 0.169. The Kier molecular flexibility index (Phi) is 4.42. The van der Waals surface area contributed by atoms with Gasteiger partial charge in [0.15, 0.2) is 4.77 Å². The zero-order chi connectivity index (χ0) is 13.9. The molecule has 6 nitrogen and oxygen atoms in total. The molecule has 0 amide bonds. The molecule has 0 fully saturated rings. The van der Waals surface area contributed by atoms with E-state index in [1.54, 1.807) is 20.8 Å². The molecule has 0 bridgehead atoms. The molecule has 1 atom stereocenters. The summed E-state index contributed by atoms with van der Waals surface area (Å²) >= 11 is 4.83. The van der Waals surface area contributed by atoms with Gasteiger partial charge in [0.05, 0.1) is 0 Å².